The molecule has 0 unspecified atom stereocenters. The first kappa shape index (κ1) is 17.9. The van der Waals surface area contributed by atoms with Crippen LogP contribution in [-0.4, -0.2) is 23.2 Å². The molecular formula is C16H13F3N4O2S. The van der Waals surface area contributed by atoms with E-state index in [0.717, 1.165) is 29.8 Å². The number of sulfonamides is 1. The lowest BCUT2D eigenvalue weighted by Gasteiger charge is -2.10. The van der Waals surface area contributed by atoms with E-state index in [1.165, 1.54) is 18.5 Å². The lowest BCUT2D eigenvalue weighted by molar-refractivity contribution is -0.137. The molecule has 3 rings (SSSR count). The summed E-state index contributed by atoms with van der Waals surface area (Å²) >= 11 is 0. The van der Waals surface area contributed by atoms with Gasteiger partial charge in [-0.05, 0) is 48.5 Å². The molecule has 0 saturated heterocycles. The van der Waals surface area contributed by atoms with Gasteiger partial charge in [0.2, 0.25) is 0 Å². The average molecular weight is 382 g/mol. The van der Waals surface area contributed by atoms with Crippen LogP contribution in [0.15, 0.2) is 59.8 Å². The highest BCUT2D eigenvalue weighted by Crippen LogP contribution is 2.30. The molecule has 3 aromatic rings. The number of rotatable bonds is 4. The van der Waals surface area contributed by atoms with E-state index in [9.17, 15) is 21.6 Å². The second-order valence-electron chi connectivity index (χ2n) is 5.47. The zero-order valence-corrected chi connectivity index (χ0v) is 14.2. The summed E-state index contributed by atoms with van der Waals surface area (Å²) in [7, 11) is -2.23. The molecule has 0 spiro atoms. The molecule has 1 N–H and O–H groups in total. The van der Waals surface area contributed by atoms with E-state index in [2.05, 4.69) is 14.9 Å². The van der Waals surface area contributed by atoms with Crippen molar-refractivity contribution in [1.82, 2.24) is 14.8 Å². The van der Waals surface area contributed by atoms with Gasteiger partial charge in [0.25, 0.3) is 10.0 Å². The minimum absolute atomic E-state index is 0.261. The Bertz CT molecular complexity index is 1010. The Kier molecular flexibility index (Phi) is 4.45. The summed E-state index contributed by atoms with van der Waals surface area (Å²) in [5.41, 5.74) is 0.0998. The van der Waals surface area contributed by atoms with Gasteiger partial charge in [-0.3, -0.25) is 4.72 Å². The van der Waals surface area contributed by atoms with Gasteiger partial charge in [0, 0.05) is 18.3 Å². The second-order valence-corrected chi connectivity index (χ2v) is 7.15. The molecule has 0 saturated carbocycles. The number of alkyl halides is 3. The van der Waals surface area contributed by atoms with Crippen molar-refractivity contribution in [3.05, 3.63) is 60.4 Å². The van der Waals surface area contributed by atoms with Crippen LogP contribution in [0, 0.1) is 0 Å². The smallest absolute Gasteiger partial charge is 0.317 e. The Morgan fingerprint density at radius 3 is 2.12 bits per heavy atom. The van der Waals surface area contributed by atoms with Gasteiger partial charge in [-0.2, -0.15) is 13.2 Å². The monoisotopic (exact) mass is 382 g/mol. The first-order chi connectivity index (χ1) is 12.2. The molecule has 0 radical (unpaired) electrons. The number of halogens is 3. The molecule has 0 atom stereocenters. The number of aryl methyl sites for hydroxylation is 1. The molecular weight excluding hydrogens is 369 g/mol. The van der Waals surface area contributed by atoms with E-state index in [4.69, 9.17) is 0 Å². The molecule has 1 heterocycles. The highest BCUT2D eigenvalue weighted by molar-refractivity contribution is 7.92. The fourth-order valence-electron chi connectivity index (χ4n) is 2.27. The lowest BCUT2D eigenvalue weighted by Crippen LogP contribution is -2.13. The Balaban J connectivity index is 1.80. The third kappa shape index (κ3) is 3.69. The number of aromatic nitrogens is 3. The molecule has 0 aliphatic rings. The third-order valence-electron chi connectivity index (χ3n) is 3.60. The maximum Gasteiger partial charge on any atom is 0.416 e. The van der Waals surface area contributed by atoms with Crippen LogP contribution in [0.5, 0.6) is 0 Å². The van der Waals surface area contributed by atoms with Crippen LogP contribution in [0.2, 0.25) is 0 Å². The summed E-state index contributed by atoms with van der Waals surface area (Å²) in [6.07, 6.45) is -2.98. The van der Waals surface area contributed by atoms with Crippen molar-refractivity contribution >= 4 is 15.7 Å². The van der Waals surface area contributed by atoms with E-state index in [1.807, 2.05) is 0 Å². The molecule has 10 heteroatoms. The van der Waals surface area contributed by atoms with Crippen molar-refractivity contribution in [2.45, 2.75) is 11.1 Å². The maximum absolute atomic E-state index is 12.6. The third-order valence-corrected chi connectivity index (χ3v) is 5.00. The normalized spacial score (nSPS) is 12.2. The highest BCUT2D eigenvalue weighted by Gasteiger charge is 2.30. The van der Waals surface area contributed by atoms with Crippen molar-refractivity contribution in [2.24, 2.45) is 7.05 Å². The molecule has 0 aliphatic heterocycles. The predicted molar refractivity (Wildman–Crippen MR) is 88.7 cm³/mol. The van der Waals surface area contributed by atoms with Crippen LogP contribution < -0.4 is 4.72 Å². The van der Waals surface area contributed by atoms with Crippen LogP contribution in [0.1, 0.15) is 5.56 Å². The average Bonchev–Trinajstić information content (AvgIpc) is 3.01. The van der Waals surface area contributed by atoms with Crippen molar-refractivity contribution < 1.29 is 21.6 Å². The van der Waals surface area contributed by atoms with Crippen molar-refractivity contribution in [2.75, 3.05) is 4.72 Å². The van der Waals surface area contributed by atoms with Crippen LogP contribution >= 0.6 is 0 Å². The molecule has 1 aromatic heterocycles. The second kappa shape index (κ2) is 6.45. The molecule has 0 amide bonds. The van der Waals surface area contributed by atoms with Gasteiger partial charge >= 0.3 is 6.18 Å². The number of hydrogen-bond donors (Lipinski definition) is 1. The first-order valence-corrected chi connectivity index (χ1v) is 8.80. The van der Waals surface area contributed by atoms with Crippen LogP contribution in [-0.2, 0) is 23.2 Å². The molecule has 6 nitrogen and oxygen atoms in total. The van der Waals surface area contributed by atoms with Gasteiger partial charge in [0.15, 0.2) is 5.82 Å². The van der Waals surface area contributed by atoms with Gasteiger partial charge < -0.3 is 4.57 Å². The lowest BCUT2D eigenvalue weighted by atomic mass is 10.2. The number of nitrogens with one attached hydrogen (secondary N) is 1. The van der Waals surface area contributed by atoms with E-state index in [-0.39, 0.29) is 10.6 Å². The van der Waals surface area contributed by atoms with Crippen molar-refractivity contribution in [3.8, 4) is 11.4 Å². The van der Waals surface area contributed by atoms with Gasteiger partial charge in [0.05, 0.1) is 10.5 Å². The molecule has 26 heavy (non-hydrogen) atoms. The Hall–Kier alpha value is -2.88. The predicted octanol–water partition coefficient (Wildman–Crippen LogP) is 3.30. The first-order valence-electron chi connectivity index (χ1n) is 7.31. The van der Waals surface area contributed by atoms with Crippen LogP contribution in [0.3, 0.4) is 0 Å². The fourth-order valence-corrected chi connectivity index (χ4v) is 3.33. The summed E-state index contributed by atoms with van der Waals surface area (Å²) in [5.74, 6) is 0.613. The SMILES string of the molecule is Cn1cnnc1-c1ccc(NS(=O)(=O)c2ccc(C(F)(F)F)cc2)cc1. The zero-order chi connectivity index (χ0) is 18.9. The molecule has 136 valence electrons. The summed E-state index contributed by atoms with van der Waals surface area (Å²) in [6, 6.07) is 9.68. The standard InChI is InChI=1S/C16H13F3N4O2S/c1-23-10-20-21-15(23)11-2-6-13(7-3-11)22-26(24,25)14-8-4-12(5-9-14)16(17,18)19/h2-10,22H,1H3. The quantitative estimate of drug-likeness (QED) is 0.751. The zero-order valence-electron chi connectivity index (χ0n) is 13.4. The van der Waals surface area contributed by atoms with Gasteiger partial charge in [-0.15, -0.1) is 10.2 Å². The van der Waals surface area contributed by atoms with Crippen molar-refractivity contribution in [1.29, 1.82) is 0 Å². The van der Waals surface area contributed by atoms with Gasteiger partial charge in [-0.25, -0.2) is 8.42 Å². The van der Waals surface area contributed by atoms with Gasteiger partial charge in [0.1, 0.15) is 6.33 Å². The number of anilines is 1. The number of benzene rings is 2. The molecule has 0 aliphatic carbocycles. The summed E-state index contributed by atoms with van der Waals surface area (Å²) in [5, 5.41) is 7.71. The Morgan fingerprint density at radius 2 is 1.62 bits per heavy atom. The van der Waals surface area contributed by atoms with E-state index < -0.39 is 21.8 Å². The largest absolute Gasteiger partial charge is 0.416 e. The van der Waals surface area contributed by atoms with E-state index in [1.54, 1.807) is 23.7 Å². The number of hydrogen-bond acceptors (Lipinski definition) is 4. The van der Waals surface area contributed by atoms with Crippen LogP contribution in [0.25, 0.3) is 11.4 Å². The molecule has 0 fully saturated rings. The maximum atomic E-state index is 12.6. The van der Waals surface area contributed by atoms with E-state index >= 15 is 0 Å². The minimum Gasteiger partial charge on any atom is -0.317 e. The van der Waals surface area contributed by atoms with Gasteiger partial charge in [-0.1, -0.05) is 0 Å². The summed E-state index contributed by atoms with van der Waals surface area (Å²) in [4.78, 5) is -0.261. The van der Waals surface area contributed by atoms with Crippen molar-refractivity contribution in [3.63, 3.8) is 0 Å². The van der Waals surface area contributed by atoms with Crippen LogP contribution in [0.4, 0.5) is 18.9 Å². The Labute approximate surface area is 147 Å². The topological polar surface area (TPSA) is 76.9 Å². The molecule has 0 bridgehead atoms. The summed E-state index contributed by atoms with van der Waals surface area (Å²) in [6.45, 7) is 0. The van der Waals surface area contributed by atoms with E-state index in [0.29, 0.717) is 5.82 Å². The minimum atomic E-state index is -4.52. The number of nitrogens with zero attached hydrogens (tertiary/aromatic N) is 3. The Morgan fingerprint density at radius 1 is 1.00 bits per heavy atom. The highest BCUT2D eigenvalue weighted by atomic mass is 32.2. The fraction of sp³-hybridized carbons (Fsp3) is 0.125. The molecule has 2 aromatic carbocycles. The summed E-state index contributed by atoms with van der Waals surface area (Å²) < 4.78 is 66.4.